The van der Waals surface area contributed by atoms with Gasteiger partial charge in [0.2, 0.25) is 0 Å². The highest BCUT2D eigenvalue weighted by Gasteiger charge is 2.14. The second-order valence-electron chi connectivity index (χ2n) is 4.72. The third-order valence-electron chi connectivity index (χ3n) is 3.07. The van der Waals surface area contributed by atoms with Crippen molar-refractivity contribution in [3.63, 3.8) is 0 Å². The lowest BCUT2D eigenvalue weighted by Crippen LogP contribution is -1.92. The summed E-state index contributed by atoms with van der Waals surface area (Å²) in [5.74, 6) is -2.39. The quantitative estimate of drug-likeness (QED) is 0.652. The predicted octanol–water partition coefficient (Wildman–Crippen LogP) is 5.97. The van der Waals surface area contributed by atoms with Crippen LogP contribution in [0.1, 0.15) is 19.4 Å². The highest BCUT2D eigenvalue weighted by Crippen LogP contribution is 2.32. The largest absolute Gasteiger partial charge is 0.504 e. The Kier molecular flexibility index (Phi) is 6.38. The van der Waals surface area contributed by atoms with E-state index in [-0.39, 0.29) is 5.56 Å². The molecular formula is C18H18F2OS. The fraction of sp³-hybridized carbons (Fsp3) is 0.111. The number of hydrogen-bond acceptors (Lipinski definition) is 2. The van der Waals surface area contributed by atoms with Crippen LogP contribution in [0.4, 0.5) is 8.78 Å². The van der Waals surface area contributed by atoms with Crippen molar-refractivity contribution in [3.05, 3.63) is 82.7 Å². The van der Waals surface area contributed by atoms with Crippen LogP contribution in [0, 0.1) is 11.6 Å². The summed E-state index contributed by atoms with van der Waals surface area (Å²) in [6, 6.07) is 1.68. The van der Waals surface area contributed by atoms with E-state index in [1.54, 1.807) is 18.4 Å². The smallest absolute Gasteiger partial charge is 0.168 e. The molecule has 0 heterocycles. The molecule has 0 aromatic heterocycles. The molecule has 4 heteroatoms. The van der Waals surface area contributed by atoms with Crippen molar-refractivity contribution < 1.29 is 13.9 Å². The number of aromatic hydroxyl groups is 1. The van der Waals surface area contributed by atoms with E-state index in [0.29, 0.717) is 17.2 Å². The van der Waals surface area contributed by atoms with Crippen molar-refractivity contribution in [2.45, 2.75) is 13.8 Å². The Labute approximate surface area is 134 Å². The molecule has 0 saturated carbocycles. The number of phenolic OH excluding ortho intramolecular Hbond substituents is 1. The average molecular weight is 320 g/mol. The van der Waals surface area contributed by atoms with Gasteiger partial charge in [0, 0.05) is 11.6 Å². The first-order chi connectivity index (χ1) is 10.3. The molecule has 116 valence electrons. The van der Waals surface area contributed by atoms with Gasteiger partial charge < -0.3 is 5.11 Å². The van der Waals surface area contributed by atoms with Crippen molar-refractivity contribution >= 4 is 17.3 Å². The molecule has 0 radical (unpaired) electrons. The van der Waals surface area contributed by atoms with Crippen molar-refractivity contribution in [1.82, 2.24) is 0 Å². The maximum absolute atomic E-state index is 13.4. The maximum Gasteiger partial charge on any atom is 0.168 e. The normalized spacial score (nSPS) is 12.2. The minimum atomic E-state index is -1.01. The molecule has 1 aromatic rings. The van der Waals surface area contributed by atoms with E-state index < -0.39 is 17.4 Å². The van der Waals surface area contributed by atoms with E-state index in [1.165, 1.54) is 11.8 Å². The monoisotopic (exact) mass is 320 g/mol. The van der Waals surface area contributed by atoms with Gasteiger partial charge in [0.25, 0.3) is 0 Å². The molecule has 1 aromatic carbocycles. The Morgan fingerprint density at radius 1 is 1.18 bits per heavy atom. The molecule has 0 aliphatic heterocycles. The first kappa shape index (κ1) is 18.0. The topological polar surface area (TPSA) is 20.2 Å². The third-order valence-corrected chi connectivity index (χ3v) is 3.75. The minimum Gasteiger partial charge on any atom is -0.504 e. The first-order valence-electron chi connectivity index (χ1n) is 6.46. The molecule has 0 aliphatic rings. The first-order valence-corrected chi connectivity index (χ1v) is 7.40. The highest BCUT2D eigenvalue weighted by molar-refractivity contribution is 8.04. The summed E-state index contributed by atoms with van der Waals surface area (Å²) in [4.78, 5) is 0. The van der Waals surface area contributed by atoms with Gasteiger partial charge >= 0.3 is 0 Å². The standard InChI is InChI=1S/C18H18F2OS/c1-6-22-10-13(4)11(2)7-12(3)14(5)16-8-15(19)9-17(20)18(16)21/h6-10,21H,1-2,5H2,3-4H3/b12-7+,13-10+. The van der Waals surface area contributed by atoms with Crippen LogP contribution >= 0.6 is 11.8 Å². The fourth-order valence-corrected chi connectivity index (χ4v) is 2.15. The van der Waals surface area contributed by atoms with Gasteiger partial charge in [0.05, 0.1) is 0 Å². The summed E-state index contributed by atoms with van der Waals surface area (Å²) in [6.45, 7) is 15.0. The van der Waals surface area contributed by atoms with Gasteiger partial charge in [-0.2, -0.15) is 0 Å². The van der Waals surface area contributed by atoms with Gasteiger partial charge in [0.15, 0.2) is 11.6 Å². The number of phenols is 1. The summed E-state index contributed by atoms with van der Waals surface area (Å²) in [6.07, 6.45) is 1.75. The summed E-state index contributed by atoms with van der Waals surface area (Å²) >= 11 is 1.43. The van der Waals surface area contributed by atoms with E-state index in [2.05, 4.69) is 19.7 Å². The summed E-state index contributed by atoms with van der Waals surface area (Å²) in [7, 11) is 0. The number of benzene rings is 1. The molecule has 1 nitrogen and oxygen atoms in total. The zero-order chi connectivity index (χ0) is 16.9. The van der Waals surface area contributed by atoms with Crippen LogP contribution in [-0.4, -0.2) is 5.11 Å². The number of hydrogen-bond donors (Lipinski definition) is 1. The molecular weight excluding hydrogens is 302 g/mol. The lowest BCUT2D eigenvalue weighted by Gasteiger charge is -2.11. The van der Waals surface area contributed by atoms with Crippen LogP contribution in [0.5, 0.6) is 5.75 Å². The molecule has 0 unspecified atom stereocenters. The zero-order valence-electron chi connectivity index (χ0n) is 12.6. The number of rotatable bonds is 6. The molecule has 1 N–H and O–H groups in total. The Morgan fingerprint density at radius 3 is 2.41 bits per heavy atom. The van der Waals surface area contributed by atoms with Crippen molar-refractivity contribution in [2.24, 2.45) is 0 Å². The third kappa shape index (κ3) is 4.46. The van der Waals surface area contributed by atoms with Crippen LogP contribution in [0.2, 0.25) is 0 Å². The second-order valence-corrected chi connectivity index (χ2v) is 5.56. The number of allylic oxidation sites excluding steroid dienone is 5. The van der Waals surface area contributed by atoms with Gasteiger partial charge in [0.1, 0.15) is 5.82 Å². The Bertz CT molecular complexity index is 685. The lowest BCUT2D eigenvalue weighted by atomic mass is 9.97. The van der Waals surface area contributed by atoms with Crippen LogP contribution in [0.3, 0.4) is 0 Å². The van der Waals surface area contributed by atoms with E-state index in [9.17, 15) is 13.9 Å². The molecule has 0 fully saturated rings. The number of thioether (sulfide) groups is 1. The maximum atomic E-state index is 13.4. The van der Waals surface area contributed by atoms with E-state index in [4.69, 9.17) is 0 Å². The van der Waals surface area contributed by atoms with E-state index >= 15 is 0 Å². The molecule has 0 spiro atoms. The van der Waals surface area contributed by atoms with Crippen LogP contribution in [0.25, 0.3) is 5.57 Å². The van der Waals surface area contributed by atoms with Gasteiger partial charge in [-0.25, -0.2) is 8.78 Å². The predicted molar refractivity (Wildman–Crippen MR) is 91.5 cm³/mol. The van der Waals surface area contributed by atoms with E-state index in [0.717, 1.165) is 17.2 Å². The summed E-state index contributed by atoms with van der Waals surface area (Å²) in [5, 5.41) is 13.3. The molecule has 0 bridgehead atoms. The van der Waals surface area contributed by atoms with Crippen LogP contribution in [-0.2, 0) is 0 Å². The number of halogens is 2. The van der Waals surface area contributed by atoms with Gasteiger partial charge in [-0.3, -0.25) is 0 Å². The lowest BCUT2D eigenvalue weighted by molar-refractivity contribution is 0.426. The van der Waals surface area contributed by atoms with Crippen LogP contribution in [0.15, 0.2) is 65.5 Å². The molecule has 0 atom stereocenters. The van der Waals surface area contributed by atoms with E-state index in [1.807, 2.05) is 12.3 Å². The highest BCUT2D eigenvalue weighted by atomic mass is 32.2. The van der Waals surface area contributed by atoms with Crippen molar-refractivity contribution in [1.29, 1.82) is 0 Å². The molecule has 0 amide bonds. The van der Waals surface area contributed by atoms with Crippen molar-refractivity contribution in [2.75, 3.05) is 0 Å². The van der Waals surface area contributed by atoms with Gasteiger partial charge in [-0.1, -0.05) is 25.8 Å². The molecule has 1 rings (SSSR count). The zero-order valence-corrected chi connectivity index (χ0v) is 13.4. The SMILES string of the molecule is C=CS/C=C(\C)C(=C)/C=C(\C)C(=C)c1cc(F)cc(F)c1O. The average Bonchev–Trinajstić information content (AvgIpc) is 2.47. The second kappa shape index (κ2) is 7.80. The van der Waals surface area contributed by atoms with Gasteiger partial charge in [-0.05, 0) is 53.0 Å². The minimum absolute atomic E-state index is 0.0288. The summed E-state index contributed by atoms with van der Waals surface area (Å²) < 4.78 is 26.7. The van der Waals surface area contributed by atoms with Crippen molar-refractivity contribution in [3.8, 4) is 5.75 Å². The molecule has 0 saturated heterocycles. The molecule has 0 aliphatic carbocycles. The Balaban J connectivity index is 3.10. The molecule has 22 heavy (non-hydrogen) atoms. The fourth-order valence-electron chi connectivity index (χ4n) is 1.70. The summed E-state index contributed by atoms with van der Waals surface area (Å²) in [5.41, 5.74) is 2.69. The Morgan fingerprint density at radius 2 is 1.82 bits per heavy atom. The Hall–Kier alpha value is -2.07. The van der Waals surface area contributed by atoms with Crippen LogP contribution < -0.4 is 0 Å². The van der Waals surface area contributed by atoms with Gasteiger partial charge in [-0.15, -0.1) is 11.8 Å².